The molecular weight excluding hydrogens is 227 g/mol. The fourth-order valence-electron chi connectivity index (χ4n) is 1.38. The minimum atomic E-state index is -0.264. The summed E-state index contributed by atoms with van der Waals surface area (Å²) in [6.45, 7) is 2.39. The zero-order valence-electron chi connectivity index (χ0n) is 9.37. The van der Waals surface area contributed by atoms with Crippen LogP contribution in [0.25, 0.3) is 0 Å². The van der Waals surface area contributed by atoms with Gasteiger partial charge in [-0.2, -0.15) is 5.26 Å². The van der Waals surface area contributed by atoms with Gasteiger partial charge in [-0.25, -0.2) is 4.39 Å². The number of halogens is 2. The summed E-state index contributed by atoms with van der Waals surface area (Å²) in [7, 11) is 1.86. The first-order valence-corrected chi connectivity index (χ1v) is 5.43. The highest BCUT2D eigenvalue weighted by molar-refractivity contribution is 6.30. The lowest BCUT2D eigenvalue weighted by Gasteiger charge is -2.22. The van der Waals surface area contributed by atoms with Crippen LogP contribution >= 0.6 is 11.6 Å². The van der Waals surface area contributed by atoms with E-state index in [9.17, 15) is 4.39 Å². The summed E-state index contributed by atoms with van der Waals surface area (Å²) in [6.07, 6.45) is 0.429. The van der Waals surface area contributed by atoms with Gasteiger partial charge >= 0.3 is 0 Å². The standard InChI is InChI=1S/C12H14ClFN2/c1-9(5-6-15)16(2)8-10-7-11(13)3-4-12(10)14/h3-4,7,9H,5,8H2,1-2H3. The third-order valence-electron chi connectivity index (χ3n) is 2.57. The van der Waals surface area contributed by atoms with Gasteiger partial charge in [-0.15, -0.1) is 0 Å². The normalized spacial score (nSPS) is 12.5. The Kier molecular flexibility index (Phi) is 4.72. The molecule has 0 spiro atoms. The molecule has 1 atom stereocenters. The summed E-state index contributed by atoms with van der Waals surface area (Å²) in [6, 6.07) is 6.71. The molecule has 0 heterocycles. The predicted octanol–water partition coefficient (Wildman–Crippen LogP) is 3.21. The van der Waals surface area contributed by atoms with Gasteiger partial charge in [0.2, 0.25) is 0 Å². The molecule has 0 amide bonds. The van der Waals surface area contributed by atoms with Crippen LogP contribution in [-0.2, 0) is 6.54 Å². The van der Waals surface area contributed by atoms with Crippen molar-refractivity contribution in [1.29, 1.82) is 5.26 Å². The van der Waals surface area contributed by atoms with Crippen molar-refractivity contribution in [3.05, 3.63) is 34.6 Å². The molecule has 1 rings (SSSR count). The molecule has 1 aromatic carbocycles. The first kappa shape index (κ1) is 13.0. The smallest absolute Gasteiger partial charge is 0.127 e. The van der Waals surface area contributed by atoms with Gasteiger partial charge in [-0.05, 0) is 32.2 Å². The van der Waals surface area contributed by atoms with Crippen LogP contribution in [0, 0.1) is 17.1 Å². The Labute approximate surface area is 100 Å². The molecule has 86 valence electrons. The van der Waals surface area contributed by atoms with Gasteiger partial charge in [0.05, 0.1) is 12.5 Å². The average molecular weight is 241 g/mol. The number of nitriles is 1. The highest BCUT2D eigenvalue weighted by Gasteiger charge is 2.11. The van der Waals surface area contributed by atoms with Crippen molar-refractivity contribution in [2.45, 2.75) is 25.9 Å². The van der Waals surface area contributed by atoms with Gasteiger partial charge in [0.1, 0.15) is 5.82 Å². The van der Waals surface area contributed by atoms with Crippen LogP contribution in [0.1, 0.15) is 18.9 Å². The fourth-order valence-corrected chi connectivity index (χ4v) is 1.57. The number of nitrogens with zero attached hydrogens (tertiary/aromatic N) is 2. The number of rotatable bonds is 4. The predicted molar refractivity (Wildman–Crippen MR) is 62.6 cm³/mol. The summed E-state index contributed by atoms with van der Waals surface area (Å²) >= 11 is 5.80. The average Bonchev–Trinajstić information content (AvgIpc) is 2.23. The molecule has 0 aliphatic heterocycles. The Bertz CT molecular complexity index is 400. The minimum Gasteiger partial charge on any atom is -0.298 e. The molecule has 2 nitrogen and oxygen atoms in total. The van der Waals surface area contributed by atoms with Gasteiger partial charge in [0.15, 0.2) is 0 Å². The summed E-state index contributed by atoms with van der Waals surface area (Å²) in [5.41, 5.74) is 0.555. The summed E-state index contributed by atoms with van der Waals surface area (Å²) in [5.74, 6) is -0.264. The van der Waals surface area contributed by atoms with Crippen molar-refractivity contribution < 1.29 is 4.39 Å². The third-order valence-corrected chi connectivity index (χ3v) is 2.80. The van der Waals surface area contributed by atoms with Gasteiger partial charge < -0.3 is 0 Å². The lowest BCUT2D eigenvalue weighted by atomic mass is 10.1. The number of hydrogen-bond acceptors (Lipinski definition) is 2. The van der Waals surface area contributed by atoms with Crippen LogP contribution in [0.3, 0.4) is 0 Å². The van der Waals surface area contributed by atoms with E-state index in [2.05, 4.69) is 6.07 Å². The molecule has 0 saturated carbocycles. The van der Waals surface area contributed by atoms with Crippen molar-refractivity contribution in [2.75, 3.05) is 7.05 Å². The second-order valence-electron chi connectivity index (χ2n) is 3.86. The van der Waals surface area contributed by atoms with Crippen molar-refractivity contribution in [3.8, 4) is 6.07 Å². The molecular formula is C12H14ClFN2. The largest absolute Gasteiger partial charge is 0.298 e. The zero-order valence-corrected chi connectivity index (χ0v) is 10.1. The van der Waals surface area contributed by atoms with Gasteiger partial charge in [-0.1, -0.05) is 11.6 Å². The van der Waals surface area contributed by atoms with E-state index in [1.54, 1.807) is 6.07 Å². The van der Waals surface area contributed by atoms with Crippen LogP contribution < -0.4 is 0 Å². The molecule has 16 heavy (non-hydrogen) atoms. The highest BCUT2D eigenvalue weighted by atomic mass is 35.5. The van der Waals surface area contributed by atoms with Gasteiger partial charge in [0, 0.05) is 23.2 Å². The van der Waals surface area contributed by atoms with Gasteiger partial charge in [-0.3, -0.25) is 4.90 Å². The fraction of sp³-hybridized carbons (Fsp3) is 0.417. The molecule has 0 bridgehead atoms. The monoisotopic (exact) mass is 240 g/mol. The van der Waals surface area contributed by atoms with Crippen molar-refractivity contribution in [3.63, 3.8) is 0 Å². The zero-order chi connectivity index (χ0) is 12.1. The molecule has 0 radical (unpaired) electrons. The van der Waals surface area contributed by atoms with E-state index in [1.165, 1.54) is 12.1 Å². The summed E-state index contributed by atoms with van der Waals surface area (Å²) < 4.78 is 13.4. The Hall–Kier alpha value is -1.11. The van der Waals surface area contributed by atoms with Crippen molar-refractivity contribution in [1.82, 2.24) is 4.90 Å². The van der Waals surface area contributed by atoms with E-state index in [1.807, 2.05) is 18.9 Å². The maximum Gasteiger partial charge on any atom is 0.127 e. The van der Waals surface area contributed by atoms with Crippen molar-refractivity contribution in [2.24, 2.45) is 0 Å². The molecule has 0 aromatic heterocycles. The molecule has 4 heteroatoms. The SMILES string of the molecule is CC(CC#N)N(C)Cc1cc(Cl)ccc1F. The van der Waals surface area contributed by atoms with Crippen LogP contribution in [0.2, 0.25) is 5.02 Å². The quantitative estimate of drug-likeness (QED) is 0.808. The first-order valence-electron chi connectivity index (χ1n) is 5.05. The van der Waals surface area contributed by atoms with E-state index < -0.39 is 0 Å². The Morgan fingerprint density at radius 3 is 2.88 bits per heavy atom. The molecule has 0 N–H and O–H groups in total. The number of hydrogen-bond donors (Lipinski definition) is 0. The molecule has 1 unspecified atom stereocenters. The maximum atomic E-state index is 13.4. The minimum absolute atomic E-state index is 0.100. The van der Waals surface area contributed by atoms with Crippen LogP contribution in [-0.4, -0.2) is 18.0 Å². The first-order chi connectivity index (χ1) is 7.54. The van der Waals surface area contributed by atoms with Crippen molar-refractivity contribution >= 4 is 11.6 Å². The van der Waals surface area contributed by atoms with Gasteiger partial charge in [0.25, 0.3) is 0 Å². The third kappa shape index (κ3) is 3.48. The topological polar surface area (TPSA) is 27.0 Å². The van der Waals surface area contributed by atoms with E-state index in [-0.39, 0.29) is 11.9 Å². The second-order valence-corrected chi connectivity index (χ2v) is 4.30. The van der Waals surface area contributed by atoms with E-state index in [4.69, 9.17) is 16.9 Å². The maximum absolute atomic E-state index is 13.4. The van der Waals surface area contributed by atoms with Crippen LogP contribution in [0.5, 0.6) is 0 Å². The molecule has 0 aliphatic rings. The number of benzene rings is 1. The van der Waals surface area contributed by atoms with Crippen LogP contribution in [0.4, 0.5) is 4.39 Å². The molecule has 0 aliphatic carbocycles. The Morgan fingerprint density at radius 2 is 2.25 bits per heavy atom. The lowest BCUT2D eigenvalue weighted by molar-refractivity contribution is 0.249. The highest BCUT2D eigenvalue weighted by Crippen LogP contribution is 2.17. The molecule has 1 aromatic rings. The Morgan fingerprint density at radius 1 is 1.56 bits per heavy atom. The van der Waals surface area contributed by atoms with E-state index in [0.29, 0.717) is 23.6 Å². The summed E-state index contributed by atoms with van der Waals surface area (Å²) in [4.78, 5) is 1.93. The lowest BCUT2D eigenvalue weighted by Crippen LogP contribution is -2.28. The van der Waals surface area contributed by atoms with E-state index in [0.717, 1.165) is 0 Å². The molecule has 0 fully saturated rings. The van der Waals surface area contributed by atoms with E-state index >= 15 is 0 Å². The summed E-state index contributed by atoms with van der Waals surface area (Å²) in [5, 5.41) is 9.10. The molecule has 0 saturated heterocycles. The Balaban J connectivity index is 2.73. The second kappa shape index (κ2) is 5.83. The van der Waals surface area contributed by atoms with Crippen LogP contribution in [0.15, 0.2) is 18.2 Å².